The Morgan fingerprint density at radius 1 is 0.243 bits per heavy atom. The fraction of sp³-hybridized carbons (Fsp3) is 0. The van der Waals surface area contributed by atoms with Crippen molar-refractivity contribution in [2.75, 3.05) is 0 Å². The molecule has 12 aromatic carbocycles. The highest BCUT2D eigenvalue weighted by molar-refractivity contribution is 6.09. The normalized spacial score (nSPS) is 11.5. The standard InChI is InChI=1S/C70H46N4/c1-3-19-57-47(15-1)17-13-27-59(57)49-31-35-53(36-32-49)69-71-70(54-37-33-50(34-38-54)60-28-14-18-48-16-2-4-20-58(48)60)74(72-69)56-45-41-52(42-46-56)62-22-6-8-24-64(62)63-23-7-5-21-61(63)51-39-43-55(44-40-51)73-67-29-11-9-25-65(67)66-26-10-12-30-68(66)73/h1-46H. The Morgan fingerprint density at radius 3 is 1.11 bits per heavy atom. The van der Waals surface area contributed by atoms with Crippen molar-refractivity contribution in [1.82, 2.24) is 19.3 Å². The molecule has 4 heteroatoms. The van der Waals surface area contributed by atoms with Crippen LogP contribution in [0.2, 0.25) is 0 Å². The minimum absolute atomic E-state index is 0.664. The molecular weight excluding hydrogens is 897 g/mol. The van der Waals surface area contributed by atoms with Gasteiger partial charge in [0.2, 0.25) is 0 Å². The fourth-order valence-electron chi connectivity index (χ4n) is 11.1. The maximum absolute atomic E-state index is 5.30. The zero-order chi connectivity index (χ0) is 49.0. The van der Waals surface area contributed by atoms with Crippen LogP contribution in [0.15, 0.2) is 279 Å². The molecule has 0 atom stereocenters. The summed E-state index contributed by atoms with van der Waals surface area (Å²) < 4.78 is 4.37. The Hall–Kier alpha value is -9.90. The number of benzene rings is 12. The number of para-hydroxylation sites is 2. The van der Waals surface area contributed by atoms with Gasteiger partial charge in [-0.25, -0.2) is 9.67 Å². The average molecular weight is 943 g/mol. The lowest BCUT2D eigenvalue weighted by Gasteiger charge is -2.16. The van der Waals surface area contributed by atoms with E-state index in [1.165, 1.54) is 71.2 Å². The average Bonchev–Trinajstić information content (AvgIpc) is 4.08. The van der Waals surface area contributed by atoms with Crippen molar-refractivity contribution in [2.24, 2.45) is 0 Å². The summed E-state index contributed by atoms with van der Waals surface area (Å²) in [5, 5.41) is 12.7. The number of rotatable bonds is 9. The van der Waals surface area contributed by atoms with Crippen LogP contribution in [0.1, 0.15) is 0 Å². The van der Waals surface area contributed by atoms with Gasteiger partial charge in [0.05, 0.1) is 16.7 Å². The maximum Gasteiger partial charge on any atom is 0.182 e. The van der Waals surface area contributed by atoms with Gasteiger partial charge in [-0.2, -0.15) is 0 Å². The van der Waals surface area contributed by atoms with Crippen LogP contribution in [-0.4, -0.2) is 19.3 Å². The number of hydrogen-bond acceptors (Lipinski definition) is 2. The summed E-state index contributed by atoms with van der Waals surface area (Å²) >= 11 is 0. The van der Waals surface area contributed by atoms with E-state index in [2.05, 4.69) is 284 Å². The van der Waals surface area contributed by atoms with E-state index >= 15 is 0 Å². The summed E-state index contributed by atoms with van der Waals surface area (Å²) in [6.07, 6.45) is 0. The molecule has 2 aromatic heterocycles. The van der Waals surface area contributed by atoms with E-state index in [-0.39, 0.29) is 0 Å². The van der Waals surface area contributed by atoms with Crippen LogP contribution >= 0.6 is 0 Å². The molecule has 0 fully saturated rings. The molecule has 0 unspecified atom stereocenters. The molecule has 346 valence electrons. The SMILES string of the molecule is c1ccc(-c2ccccc2-c2ccc(-n3c4ccccc4c4ccccc43)cc2)c(-c2ccc(-n3nc(-c4ccc(-c5cccc6ccccc56)cc4)nc3-c3ccc(-c4cccc5ccccc45)cc3)cc2)c1. The number of nitrogens with zero attached hydrogens (tertiary/aromatic N) is 4. The third kappa shape index (κ3) is 7.48. The van der Waals surface area contributed by atoms with Gasteiger partial charge in [0.1, 0.15) is 0 Å². The topological polar surface area (TPSA) is 35.6 Å². The lowest BCUT2D eigenvalue weighted by atomic mass is 9.89. The van der Waals surface area contributed by atoms with E-state index in [0.29, 0.717) is 5.82 Å². The van der Waals surface area contributed by atoms with Crippen LogP contribution in [-0.2, 0) is 0 Å². The molecule has 0 aliphatic rings. The van der Waals surface area contributed by atoms with Crippen LogP contribution in [0.3, 0.4) is 0 Å². The van der Waals surface area contributed by atoms with Crippen molar-refractivity contribution in [3.63, 3.8) is 0 Å². The molecule has 0 bridgehead atoms. The van der Waals surface area contributed by atoms with Gasteiger partial charge in [-0.3, -0.25) is 0 Å². The second-order valence-corrected chi connectivity index (χ2v) is 18.9. The maximum atomic E-state index is 5.30. The zero-order valence-corrected chi connectivity index (χ0v) is 40.3. The molecule has 0 aliphatic carbocycles. The Labute approximate surface area is 429 Å². The van der Waals surface area contributed by atoms with Crippen molar-refractivity contribution >= 4 is 43.4 Å². The van der Waals surface area contributed by atoms with E-state index in [0.717, 1.165) is 56.1 Å². The van der Waals surface area contributed by atoms with Crippen molar-refractivity contribution in [3.8, 4) is 89.8 Å². The Balaban J connectivity index is 0.818. The van der Waals surface area contributed by atoms with E-state index in [1.807, 2.05) is 4.68 Å². The van der Waals surface area contributed by atoms with Gasteiger partial charge in [-0.1, -0.05) is 243 Å². The molecule has 0 saturated carbocycles. The first-order chi connectivity index (χ1) is 36.7. The summed E-state index contributed by atoms with van der Waals surface area (Å²) in [5.41, 5.74) is 18.1. The highest BCUT2D eigenvalue weighted by Crippen LogP contribution is 2.40. The second-order valence-electron chi connectivity index (χ2n) is 18.9. The van der Waals surface area contributed by atoms with Crippen molar-refractivity contribution in [2.45, 2.75) is 0 Å². The van der Waals surface area contributed by atoms with Crippen LogP contribution in [0, 0.1) is 0 Å². The van der Waals surface area contributed by atoms with E-state index in [4.69, 9.17) is 10.1 Å². The lowest BCUT2D eigenvalue weighted by Crippen LogP contribution is -2.00. The predicted molar refractivity (Wildman–Crippen MR) is 309 cm³/mol. The van der Waals surface area contributed by atoms with Crippen LogP contribution in [0.4, 0.5) is 0 Å². The summed E-state index contributed by atoms with van der Waals surface area (Å²) in [6, 6.07) is 100. The van der Waals surface area contributed by atoms with Crippen molar-refractivity contribution in [3.05, 3.63) is 279 Å². The largest absolute Gasteiger partial charge is 0.309 e. The van der Waals surface area contributed by atoms with Gasteiger partial charge in [0.25, 0.3) is 0 Å². The molecule has 2 heterocycles. The molecule has 0 saturated heterocycles. The highest BCUT2D eigenvalue weighted by atomic mass is 15.4. The first-order valence-electron chi connectivity index (χ1n) is 25.2. The smallest absolute Gasteiger partial charge is 0.182 e. The number of aromatic nitrogens is 4. The summed E-state index contributed by atoms with van der Waals surface area (Å²) in [6.45, 7) is 0. The predicted octanol–water partition coefficient (Wildman–Crippen LogP) is 18.3. The molecular formula is C70H46N4. The van der Waals surface area contributed by atoms with E-state index in [1.54, 1.807) is 0 Å². The molecule has 0 aliphatic heterocycles. The summed E-state index contributed by atoms with van der Waals surface area (Å²) in [4.78, 5) is 5.30. The van der Waals surface area contributed by atoms with E-state index < -0.39 is 0 Å². The van der Waals surface area contributed by atoms with Gasteiger partial charge in [-0.05, 0) is 114 Å². The number of fused-ring (bicyclic) bond motifs is 5. The molecule has 0 amide bonds. The van der Waals surface area contributed by atoms with Gasteiger partial charge in [0.15, 0.2) is 11.6 Å². The molecule has 14 rings (SSSR count). The quantitative estimate of drug-likeness (QED) is 0.145. The van der Waals surface area contributed by atoms with Crippen LogP contribution < -0.4 is 0 Å². The first-order valence-corrected chi connectivity index (χ1v) is 25.2. The fourth-order valence-corrected chi connectivity index (χ4v) is 11.1. The first kappa shape index (κ1) is 42.9. The third-order valence-electron chi connectivity index (χ3n) is 14.7. The molecule has 0 spiro atoms. The van der Waals surface area contributed by atoms with Gasteiger partial charge >= 0.3 is 0 Å². The lowest BCUT2D eigenvalue weighted by molar-refractivity contribution is 0.891. The van der Waals surface area contributed by atoms with Gasteiger partial charge in [0, 0.05) is 27.6 Å². The summed E-state index contributed by atoms with van der Waals surface area (Å²) in [5.74, 6) is 1.44. The Kier molecular flexibility index (Phi) is 10.5. The molecule has 0 N–H and O–H groups in total. The minimum atomic E-state index is 0.664. The van der Waals surface area contributed by atoms with Crippen molar-refractivity contribution in [1.29, 1.82) is 0 Å². The molecule has 14 aromatic rings. The van der Waals surface area contributed by atoms with Gasteiger partial charge in [-0.15, -0.1) is 5.10 Å². The second kappa shape index (κ2) is 18.1. The Morgan fingerprint density at radius 2 is 0.595 bits per heavy atom. The van der Waals surface area contributed by atoms with Crippen LogP contribution in [0.5, 0.6) is 0 Å². The molecule has 4 nitrogen and oxygen atoms in total. The van der Waals surface area contributed by atoms with Crippen molar-refractivity contribution < 1.29 is 0 Å². The monoisotopic (exact) mass is 942 g/mol. The van der Waals surface area contributed by atoms with Crippen LogP contribution in [0.25, 0.3) is 133 Å². The molecule has 74 heavy (non-hydrogen) atoms. The zero-order valence-electron chi connectivity index (χ0n) is 40.3. The molecule has 0 radical (unpaired) electrons. The van der Waals surface area contributed by atoms with Gasteiger partial charge < -0.3 is 4.57 Å². The number of hydrogen-bond donors (Lipinski definition) is 0. The third-order valence-corrected chi connectivity index (χ3v) is 14.7. The summed E-state index contributed by atoms with van der Waals surface area (Å²) in [7, 11) is 0. The minimum Gasteiger partial charge on any atom is -0.309 e. The highest BCUT2D eigenvalue weighted by Gasteiger charge is 2.19. The van der Waals surface area contributed by atoms with E-state index in [9.17, 15) is 0 Å². The Bertz CT molecular complexity index is 4330.